The molecule has 0 saturated heterocycles. The zero-order valence-electron chi connectivity index (χ0n) is 14.2. The summed E-state index contributed by atoms with van der Waals surface area (Å²) in [6.07, 6.45) is 2.10. The smallest absolute Gasteiger partial charge is 0.413 e. The summed E-state index contributed by atoms with van der Waals surface area (Å²) in [5, 5.41) is 13.6. The van der Waals surface area contributed by atoms with Crippen LogP contribution in [-0.2, 0) is 9.53 Å². The highest BCUT2D eigenvalue weighted by Crippen LogP contribution is 2.20. The Bertz CT molecular complexity index is 846. The molecule has 0 radical (unpaired) electrons. The van der Waals surface area contributed by atoms with Gasteiger partial charge in [-0.05, 0) is 36.4 Å². The van der Waals surface area contributed by atoms with E-state index >= 15 is 0 Å². The van der Waals surface area contributed by atoms with Gasteiger partial charge in [0, 0.05) is 30.6 Å². The van der Waals surface area contributed by atoms with Crippen molar-refractivity contribution >= 4 is 35.1 Å². The van der Waals surface area contributed by atoms with Gasteiger partial charge in [-0.3, -0.25) is 19.8 Å². The molecule has 0 fully saturated rings. The monoisotopic (exact) mass is 355 g/mol. The molecule has 0 aromatic heterocycles. The van der Waals surface area contributed by atoms with Gasteiger partial charge in [-0.2, -0.15) is 0 Å². The lowest BCUT2D eigenvalue weighted by Crippen LogP contribution is -2.25. The summed E-state index contributed by atoms with van der Waals surface area (Å²) >= 11 is 0. The van der Waals surface area contributed by atoms with Gasteiger partial charge < -0.3 is 10.1 Å². The Labute approximate surface area is 149 Å². The summed E-state index contributed by atoms with van der Waals surface area (Å²) in [7, 11) is 2.85. The van der Waals surface area contributed by atoms with Gasteiger partial charge in [0.15, 0.2) is 0 Å². The first-order valence-corrected chi connectivity index (χ1v) is 7.56. The number of nitrogens with zero attached hydrogens (tertiary/aromatic N) is 2. The number of hydrogen-bond donors (Lipinski definition) is 1. The molecule has 2 rings (SSSR count). The van der Waals surface area contributed by atoms with Gasteiger partial charge in [-0.15, -0.1) is 0 Å². The Kier molecular flexibility index (Phi) is 6.05. The van der Waals surface area contributed by atoms with E-state index in [1.165, 1.54) is 30.2 Å². The van der Waals surface area contributed by atoms with Crippen molar-refractivity contribution in [2.75, 3.05) is 24.4 Å². The summed E-state index contributed by atoms with van der Waals surface area (Å²) in [6.45, 7) is 0. The second kappa shape index (κ2) is 8.43. The zero-order chi connectivity index (χ0) is 19.1. The van der Waals surface area contributed by atoms with Crippen molar-refractivity contribution in [2.45, 2.75) is 0 Å². The minimum Gasteiger partial charge on any atom is -0.452 e. The summed E-state index contributed by atoms with van der Waals surface area (Å²) in [5.41, 5.74) is 1.38. The van der Waals surface area contributed by atoms with E-state index in [9.17, 15) is 19.7 Å². The standard InChI is InChI=1S/C18H17N3O5/c1-20(18(23)26-2)15-10-8-14(9-11-15)19-17(22)12-7-13-5-3-4-6-16(13)21(24)25/h3-12H,1-2H3,(H,19,22). The van der Waals surface area contributed by atoms with E-state index in [0.29, 0.717) is 16.9 Å². The van der Waals surface area contributed by atoms with Crippen molar-refractivity contribution in [1.29, 1.82) is 0 Å². The number of methoxy groups -OCH3 is 1. The molecular formula is C18H17N3O5. The Balaban J connectivity index is 2.04. The minimum absolute atomic E-state index is 0.0771. The number of nitro groups is 1. The van der Waals surface area contributed by atoms with Crippen molar-refractivity contribution in [3.05, 3.63) is 70.3 Å². The third kappa shape index (κ3) is 4.67. The van der Waals surface area contributed by atoms with Crippen molar-refractivity contribution in [2.24, 2.45) is 0 Å². The van der Waals surface area contributed by atoms with Crippen LogP contribution in [0.3, 0.4) is 0 Å². The second-order valence-electron chi connectivity index (χ2n) is 5.21. The van der Waals surface area contributed by atoms with Crippen LogP contribution in [-0.4, -0.2) is 31.1 Å². The quantitative estimate of drug-likeness (QED) is 0.503. The van der Waals surface area contributed by atoms with Gasteiger partial charge >= 0.3 is 6.09 Å². The maximum Gasteiger partial charge on any atom is 0.413 e. The van der Waals surface area contributed by atoms with Gasteiger partial charge in [0.25, 0.3) is 5.69 Å². The molecule has 0 aliphatic heterocycles. The van der Waals surface area contributed by atoms with E-state index in [4.69, 9.17) is 0 Å². The van der Waals surface area contributed by atoms with Gasteiger partial charge in [0.05, 0.1) is 17.6 Å². The predicted molar refractivity (Wildman–Crippen MR) is 98.0 cm³/mol. The fraction of sp³-hybridized carbons (Fsp3) is 0.111. The maximum atomic E-state index is 12.0. The zero-order valence-corrected chi connectivity index (χ0v) is 14.2. The molecule has 134 valence electrons. The number of nitro benzene ring substituents is 1. The molecule has 2 aromatic rings. The molecule has 8 nitrogen and oxygen atoms in total. The summed E-state index contributed by atoms with van der Waals surface area (Å²) in [5.74, 6) is -0.433. The summed E-state index contributed by atoms with van der Waals surface area (Å²) in [6, 6.07) is 12.7. The third-order valence-corrected chi connectivity index (χ3v) is 3.52. The number of rotatable bonds is 5. The Morgan fingerprint density at radius 1 is 1.15 bits per heavy atom. The number of nitrogens with one attached hydrogen (secondary N) is 1. The number of benzene rings is 2. The molecule has 2 amide bonds. The minimum atomic E-state index is -0.506. The number of hydrogen-bond acceptors (Lipinski definition) is 5. The van der Waals surface area contributed by atoms with Gasteiger partial charge in [0.2, 0.25) is 5.91 Å². The highest BCUT2D eigenvalue weighted by molar-refractivity contribution is 6.02. The van der Waals surface area contributed by atoms with E-state index in [0.717, 1.165) is 0 Å². The Morgan fingerprint density at radius 3 is 2.42 bits per heavy atom. The van der Waals surface area contributed by atoms with Crippen LogP contribution in [0.2, 0.25) is 0 Å². The molecule has 0 saturated carbocycles. The van der Waals surface area contributed by atoms with Crippen molar-refractivity contribution in [3.63, 3.8) is 0 Å². The highest BCUT2D eigenvalue weighted by Gasteiger charge is 2.11. The average molecular weight is 355 g/mol. The predicted octanol–water partition coefficient (Wildman–Crippen LogP) is 3.45. The third-order valence-electron chi connectivity index (χ3n) is 3.52. The molecule has 26 heavy (non-hydrogen) atoms. The lowest BCUT2D eigenvalue weighted by molar-refractivity contribution is -0.385. The van der Waals surface area contributed by atoms with E-state index in [1.807, 2.05) is 0 Å². The Morgan fingerprint density at radius 2 is 1.81 bits per heavy atom. The fourth-order valence-electron chi connectivity index (χ4n) is 2.15. The highest BCUT2D eigenvalue weighted by atomic mass is 16.6. The lowest BCUT2D eigenvalue weighted by atomic mass is 10.1. The van der Waals surface area contributed by atoms with Crippen LogP contribution in [0.5, 0.6) is 0 Å². The maximum absolute atomic E-state index is 12.0. The number of para-hydroxylation sites is 1. The lowest BCUT2D eigenvalue weighted by Gasteiger charge is -2.15. The number of amides is 2. The van der Waals surface area contributed by atoms with Crippen LogP contribution in [0.1, 0.15) is 5.56 Å². The van der Waals surface area contributed by atoms with Crippen LogP contribution in [0.4, 0.5) is 21.9 Å². The summed E-state index contributed by atoms with van der Waals surface area (Å²) < 4.78 is 4.62. The molecule has 2 aromatic carbocycles. The first kappa shape index (κ1) is 18.7. The molecule has 0 spiro atoms. The molecular weight excluding hydrogens is 338 g/mol. The van der Waals surface area contributed by atoms with Gasteiger partial charge in [-0.1, -0.05) is 12.1 Å². The van der Waals surface area contributed by atoms with Crippen LogP contribution in [0, 0.1) is 10.1 Å². The molecule has 0 aliphatic carbocycles. The van der Waals surface area contributed by atoms with Crippen LogP contribution < -0.4 is 10.2 Å². The van der Waals surface area contributed by atoms with E-state index < -0.39 is 16.9 Å². The SMILES string of the molecule is COC(=O)N(C)c1ccc(NC(=O)C=Cc2ccccc2[N+](=O)[O-])cc1. The van der Waals surface area contributed by atoms with E-state index in [2.05, 4.69) is 10.1 Å². The largest absolute Gasteiger partial charge is 0.452 e. The fourth-order valence-corrected chi connectivity index (χ4v) is 2.15. The molecule has 8 heteroatoms. The van der Waals surface area contributed by atoms with Gasteiger partial charge in [-0.25, -0.2) is 4.79 Å². The number of carbonyl (C=O) groups excluding carboxylic acids is 2. The first-order valence-electron chi connectivity index (χ1n) is 7.56. The van der Waals surface area contributed by atoms with Crippen molar-refractivity contribution < 1.29 is 19.2 Å². The topological polar surface area (TPSA) is 102 Å². The van der Waals surface area contributed by atoms with Crippen molar-refractivity contribution in [3.8, 4) is 0 Å². The summed E-state index contributed by atoms with van der Waals surface area (Å²) in [4.78, 5) is 35.2. The number of anilines is 2. The normalized spacial score (nSPS) is 10.4. The number of ether oxygens (including phenoxy) is 1. The molecule has 1 N–H and O–H groups in total. The average Bonchev–Trinajstić information content (AvgIpc) is 2.66. The number of carbonyl (C=O) groups is 2. The van der Waals surface area contributed by atoms with Crippen LogP contribution in [0.25, 0.3) is 6.08 Å². The first-order chi connectivity index (χ1) is 12.4. The van der Waals surface area contributed by atoms with Crippen molar-refractivity contribution in [1.82, 2.24) is 0 Å². The van der Waals surface area contributed by atoms with Crippen LogP contribution in [0.15, 0.2) is 54.6 Å². The van der Waals surface area contributed by atoms with E-state index in [1.54, 1.807) is 49.5 Å². The Hall–Kier alpha value is -3.68. The molecule has 0 aliphatic rings. The molecule has 0 heterocycles. The molecule has 0 atom stereocenters. The molecule has 0 bridgehead atoms. The second-order valence-corrected chi connectivity index (χ2v) is 5.21. The van der Waals surface area contributed by atoms with E-state index in [-0.39, 0.29) is 5.69 Å². The van der Waals surface area contributed by atoms with Gasteiger partial charge in [0.1, 0.15) is 0 Å². The van der Waals surface area contributed by atoms with Crippen LogP contribution >= 0.6 is 0 Å². The molecule has 0 unspecified atom stereocenters.